The predicted octanol–water partition coefficient (Wildman–Crippen LogP) is 1.50. The van der Waals surface area contributed by atoms with Gasteiger partial charge in [0.1, 0.15) is 0 Å². The Morgan fingerprint density at radius 3 is 2.94 bits per heavy atom. The Morgan fingerprint density at radius 2 is 2.29 bits per heavy atom. The molecule has 1 heterocycles. The van der Waals surface area contributed by atoms with Crippen molar-refractivity contribution in [1.29, 1.82) is 0 Å². The highest BCUT2D eigenvalue weighted by molar-refractivity contribution is 5.70. The molecule has 2 rings (SSSR count). The summed E-state index contributed by atoms with van der Waals surface area (Å²) in [5.74, 6) is -0.152. The number of aryl methyl sites for hydroxylation is 2. The molecule has 0 saturated heterocycles. The van der Waals surface area contributed by atoms with Crippen LogP contribution in [0.2, 0.25) is 0 Å². The van der Waals surface area contributed by atoms with E-state index in [2.05, 4.69) is 11.1 Å². The van der Waals surface area contributed by atoms with Crippen molar-refractivity contribution in [2.45, 2.75) is 38.0 Å². The third-order valence-corrected chi connectivity index (χ3v) is 3.50. The van der Waals surface area contributed by atoms with Crippen molar-refractivity contribution < 1.29 is 9.53 Å². The number of hydrogen-bond acceptors (Lipinski definition) is 3. The zero-order valence-electron chi connectivity index (χ0n) is 10.3. The standard InChI is InChI=1S/C13H20N2O2/c1-17-13(16)7-10(8-14)12-6-9-4-2-3-5-11(9)15-12/h6,10,15H,2-5,7-8,14H2,1H3. The number of fused-ring (bicyclic) bond motifs is 1. The number of ether oxygens (including phenoxy) is 1. The zero-order chi connectivity index (χ0) is 12.3. The summed E-state index contributed by atoms with van der Waals surface area (Å²) >= 11 is 0. The number of methoxy groups -OCH3 is 1. The van der Waals surface area contributed by atoms with Gasteiger partial charge >= 0.3 is 5.97 Å². The molecule has 3 N–H and O–H groups in total. The smallest absolute Gasteiger partial charge is 0.306 e. The number of nitrogens with two attached hydrogens (primary N) is 1. The Morgan fingerprint density at radius 1 is 1.53 bits per heavy atom. The summed E-state index contributed by atoms with van der Waals surface area (Å²) in [4.78, 5) is 14.7. The first kappa shape index (κ1) is 12.2. The second-order valence-corrected chi connectivity index (χ2v) is 4.65. The first-order valence-corrected chi connectivity index (χ1v) is 6.22. The van der Waals surface area contributed by atoms with Gasteiger partial charge in [-0.2, -0.15) is 0 Å². The quantitative estimate of drug-likeness (QED) is 0.778. The fourth-order valence-electron chi connectivity index (χ4n) is 2.45. The SMILES string of the molecule is COC(=O)CC(CN)c1cc2c([nH]1)CCCC2. The number of aromatic amines is 1. The molecule has 4 nitrogen and oxygen atoms in total. The van der Waals surface area contributed by atoms with Crippen LogP contribution in [0.1, 0.15) is 42.1 Å². The summed E-state index contributed by atoms with van der Waals surface area (Å²) in [6.07, 6.45) is 5.12. The van der Waals surface area contributed by atoms with Gasteiger partial charge in [0, 0.05) is 23.9 Å². The molecule has 0 aliphatic heterocycles. The first-order valence-electron chi connectivity index (χ1n) is 6.22. The second kappa shape index (κ2) is 5.36. The Hall–Kier alpha value is -1.29. The molecule has 0 amide bonds. The Bertz CT molecular complexity index is 375. The maximum atomic E-state index is 11.3. The van der Waals surface area contributed by atoms with Crippen LogP contribution in [0.25, 0.3) is 0 Å². The van der Waals surface area contributed by atoms with Crippen LogP contribution >= 0.6 is 0 Å². The number of esters is 1. The van der Waals surface area contributed by atoms with Gasteiger partial charge < -0.3 is 15.5 Å². The van der Waals surface area contributed by atoms with Crippen molar-refractivity contribution in [2.24, 2.45) is 5.73 Å². The van der Waals surface area contributed by atoms with Crippen LogP contribution in [0.4, 0.5) is 0 Å². The number of carbonyl (C=O) groups is 1. The van der Waals surface area contributed by atoms with Crippen molar-refractivity contribution in [3.8, 4) is 0 Å². The highest BCUT2D eigenvalue weighted by atomic mass is 16.5. The van der Waals surface area contributed by atoms with Crippen molar-refractivity contribution in [3.63, 3.8) is 0 Å². The van der Waals surface area contributed by atoms with Gasteiger partial charge in [-0.05, 0) is 37.3 Å². The van der Waals surface area contributed by atoms with E-state index in [0.717, 1.165) is 18.5 Å². The van der Waals surface area contributed by atoms with Crippen LogP contribution in [0.3, 0.4) is 0 Å². The van der Waals surface area contributed by atoms with E-state index in [0.29, 0.717) is 13.0 Å². The number of aromatic nitrogens is 1. The lowest BCUT2D eigenvalue weighted by atomic mass is 9.97. The minimum Gasteiger partial charge on any atom is -0.469 e. The van der Waals surface area contributed by atoms with E-state index in [-0.39, 0.29) is 11.9 Å². The first-order chi connectivity index (χ1) is 8.24. The number of rotatable bonds is 4. The minimum atomic E-state index is -0.201. The lowest BCUT2D eigenvalue weighted by Gasteiger charge is -2.11. The second-order valence-electron chi connectivity index (χ2n) is 4.65. The molecule has 0 aromatic carbocycles. The van der Waals surface area contributed by atoms with Gasteiger partial charge in [-0.25, -0.2) is 0 Å². The molecule has 1 aromatic rings. The van der Waals surface area contributed by atoms with Crippen molar-refractivity contribution in [2.75, 3.05) is 13.7 Å². The average Bonchev–Trinajstić information content (AvgIpc) is 2.78. The van der Waals surface area contributed by atoms with Crippen LogP contribution < -0.4 is 5.73 Å². The van der Waals surface area contributed by atoms with E-state index in [1.165, 1.54) is 31.2 Å². The summed E-state index contributed by atoms with van der Waals surface area (Å²) in [6, 6.07) is 2.18. The predicted molar refractivity (Wildman–Crippen MR) is 65.9 cm³/mol. The lowest BCUT2D eigenvalue weighted by molar-refractivity contribution is -0.141. The minimum absolute atomic E-state index is 0.0491. The monoisotopic (exact) mass is 236 g/mol. The van der Waals surface area contributed by atoms with Crippen LogP contribution in [0.5, 0.6) is 0 Å². The van der Waals surface area contributed by atoms with Crippen LogP contribution in [-0.2, 0) is 22.4 Å². The molecule has 0 bridgehead atoms. The van der Waals surface area contributed by atoms with Crippen LogP contribution in [0, 0.1) is 0 Å². The van der Waals surface area contributed by atoms with Gasteiger partial charge in [0.05, 0.1) is 13.5 Å². The molecular formula is C13H20N2O2. The molecule has 1 aromatic heterocycles. The van der Waals surface area contributed by atoms with Crippen LogP contribution in [0.15, 0.2) is 6.07 Å². The number of nitrogens with one attached hydrogen (secondary N) is 1. The van der Waals surface area contributed by atoms with Gasteiger partial charge in [0.25, 0.3) is 0 Å². The number of hydrogen-bond donors (Lipinski definition) is 2. The van der Waals surface area contributed by atoms with Gasteiger partial charge in [-0.3, -0.25) is 4.79 Å². The molecule has 4 heteroatoms. The maximum Gasteiger partial charge on any atom is 0.306 e. The molecule has 17 heavy (non-hydrogen) atoms. The molecule has 0 fully saturated rings. The largest absolute Gasteiger partial charge is 0.469 e. The maximum absolute atomic E-state index is 11.3. The molecular weight excluding hydrogens is 216 g/mol. The van der Waals surface area contributed by atoms with E-state index in [4.69, 9.17) is 10.5 Å². The summed E-state index contributed by atoms with van der Waals surface area (Å²) in [5.41, 5.74) is 9.55. The fourth-order valence-corrected chi connectivity index (χ4v) is 2.45. The molecule has 0 saturated carbocycles. The Balaban J connectivity index is 2.13. The van der Waals surface area contributed by atoms with E-state index >= 15 is 0 Å². The van der Waals surface area contributed by atoms with E-state index in [1.54, 1.807) is 0 Å². The topological polar surface area (TPSA) is 68.1 Å². The highest BCUT2D eigenvalue weighted by Gasteiger charge is 2.20. The van der Waals surface area contributed by atoms with Crippen molar-refractivity contribution in [3.05, 3.63) is 23.0 Å². The van der Waals surface area contributed by atoms with Crippen molar-refractivity contribution in [1.82, 2.24) is 4.98 Å². The molecule has 0 spiro atoms. The van der Waals surface area contributed by atoms with Crippen LogP contribution in [-0.4, -0.2) is 24.6 Å². The normalized spacial score (nSPS) is 16.4. The third kappa shape index (κ3) is 2.69. The van der Waals surface area contributed by atoms with Gasteiger partial charge in [-0.1, -0.05) is 0 Å². The molecule has 1 unspecified atom stereocenters. The Labute approximate surface area is 102 Å². The summed E-state index contributed by atoms with van der Waals surface area (Å²) in [7, 11) is 1.41. The van der Waals surface area contributed by atoms with E-state index in [9.17, 15) is 4.79 Å². The lowest BCUT2D eigenvalue weighted by Crippen LogP contribution is -2.17. The summed E-state index contributed by atoms with van der Waals surface area (Å²) in [6.45, 7) is 0.467. The summed E-state index contributed by atoms with van der Waals surface area (Å²) < 4.78 is 4.70. The molecule has 1 atom stereocenters. The highest BCUT2D eigenvalue weighted by Crippen LogP contribution is 2.26. The van der Waals surface area contributed by atoms with Gasteiger partial charge in [0.15, 0.2) is 0 Å². The van der Waals surface area contributed by atoms with E-state index in [1.807, 2.05) is 0 Å². The molecule has 1 aliphatic carbocycles. The Kier molecular flexibility index (Phi) is 3.84. The summed E-state index contributed by atoms with van der Waals surface area (Å²) in [5, 5.41) is 0. The average molecular weight is 236 g/mol. The van der Waals surface area contributed by atoms with E-state index < -0.39 is 0 Å². The zero-order valence-corrected chi connectivity index (χ0v) is 10.3. The molecule has 0 radical (unpaired) electrons. The third-order valence-electron chi connectivity index (χ3n) is 3.50. The number of carbonyl (C=O) groups excluding carboxylic acids is 1. The fraction of sp³-hybridized carbons (Fsp3) is 0.615. The number of H-pyrrole nitrogens is 1. The van der Waals surface area contributed by atoms with Gasteiger partial charge in [-0.15, -0.1) is 0 Å². The van der Waals surface area contributed by atoms with Gasteiger partial charge in [0.2, 0.25) is 0 Å². The molecule has 94 valence electrons. The van der Waals surface area contributed by atoms with Crippen molar-refractivity contribution >= 4 is 5.97 Å². The molecule has 1 aliphatic rings.